The summed E-state index contributed by atoms with van der Waals surface area (Å²) >= 11 is 0. The summed E-state index contributed by atoms with van der Waals surface area (Å²) in [7, 11) is 0. The molecule has 20 heavy (non-hydrogen) atoms. The second kappa shape index (κ2) is 7.06. The van der Waals surface area contributed by atoms with E-state index >= 15 is 0 Å². The van der Waals surface area contributed by atoms with Crippen LogP contribution in [0.15, 0.2) is 24.3 Å². The van der Waals surface area contributed by atoms with Crippen molar-refractivity contribution in [3.05, 3.63) is 35.4 Å². The second-order valence-corrected chi connectivity index (χ2v) is 5.08. The van der Waals surface area contributed by atoms with Gasteiger partial charge in [-0.05, 0) is 23.6 Å². The van der Waals surface area contributed by atoms with E-state index in [-0.39, 0.29) is 25.1 Å². The topological polar surface area (TPSA) is 52.5 Å². The molecule has 3 nitrogen and oxygen atoms in total. The Morgan fingerprint density at radius 2 is 1.70 bits per heavy atom. The van der Waals surface area contributed by atoms with Gasteiger partial charge in [-0.3, -0.25) is 0 Å². The average Bonchev–Trinajstić information content (AvgIpc) is 2.38. The van der Waals surface area contributed by atoms with Crippen LogP contribution in [0.2, 0.25) is 0 Å². The third-order valence-electron chi connectivity index (χ3n) is 3.20. The Kier molecular flexibility index (Phi) is 5.98. The molecule has 0 saturated heterocycles. The van der Waals surface area contributed by atoms with Gasteiger partial charge in [0.25, 0.3) is 0 Å². The van der Waals surface area contributed by atoms with Gasteiger partial charge in [0.2, 0.25) is 0 Å². The third-order valence-corrected chi connectivity index (χ3v) is 3.20. The monoisotopic (exact) mass is 291 g/mol. The Morgan fingerprint density at radius 3 is 2.10 bits per heavy atom. The molecule has 6 heteroatoms. The van der Waals surface area contributed by atoms with Crippen LogP contribution in [0, 0.1) is 5.92 Å². The van der Waals surface area contributed by atoms with Gasteiger partial charge >= 0.3 is 6.18 Å². The van der Waals surface area contributed by atoms with Crippen molar-refractivity contribution >= 4 is 0 Å². The first kappa shape index (κ1) is 16.9. The van der Waals surface area contributed by atoms with Crippen molar-refractivity contribution in [1.29, 1.82) is 0 Å². The van der Waals surface area contributed by atoms with Crippen molar-refractivity contribution < 1.29 is 23.4 Å². The van der Waals surface area contributed by atoms with Crippen molar-refractivity contribution in [2.75, 3.05) is 13.2 Å². The highest BCUT2D eigenvalue weighted by Gasteiger charge is 2.30. The summed E-state index contributed by atoms with van der Waals surface area (Å²) in [6.45, 7) is 3.98. The van der Waals surface area contributed by atoms with Gasteiger partial charge in [-0.15, -0.1) is 0 Å². The summed E-state index contributed by atoms with van der Waals surface area (Å²) in [4.78, 5) is 0. The van der Waals surface area contributed by atoms with Gasteiger partial charge < -0.3 is 15.5 Å². The highest BCUT2D eigenvalue weighted by atomic mass is 19.4. The number of rotatable bonds is 6. The molecule has 0 aliphatic heterocycles. The standard InChI is InChI=1S/C14H20F3NO2/c1-9(2)12(8-19)18-7-13(20)10-3-5-11(6-4-10)14(15,16)17/h3-6,9,12-13,18-20H,7-8H2,1-2H3/t12-,13?/m1/s1. The zero-order valence-corrected chi connectivity index (χ0v) is 11.5. The predicted molar refractivity (Wildman–Crippen MR) is 70.1 cm³/mol. The molecule has 1 aromatic carbocycles. The molecule has 2 atom stereocenters. The molecule has 3 N–H and O–H groups in total. The SMILES string of the molecule is CC(C)[C@@H](CO)NCC(O)c1ccc(C(F)(F)F)cc1. The summed E-state index contributed by atoms with van der Waals surface area (Å²) in [6, 6.07) is 4.27. The van der Waals surface area contributed by atoms with Crippen LogP contribution in [0.4, 0.5) is 13.2 Å². The first-order chi connectivity index (χ1) is 9.25. The fourth-order valence-corrected chi connectivity index (χ4v) is 1.79. The number of alkyl halides is 3. The lowest BCUT2D eigenvalue weighted by atomic mass is 10.0. The van der Waals surface area contributed by atoms with Crippen LogP contribution in [0.5, 0.6) is 0 Å². The van der Waals surface area contributed by atoms with Crippen LogP contribution in [0.3, 0.4) is 0 Å². The van der Waals surface area contributed by atoms with Crippen LogP contribution in [-0.2, 0) is 6.18 Å². The van der Waals surface area contributed by atoms with Gasteiger partial charge in [0.15, 0.2) is 0 Å². The third kappa shape index (κ3) is 4.77. The Bertz CT molecular complexity index is 404. The zero-order chi connectivity index (χ0) is 15.3. The molecule has 1 unspecified atom stereocenters. The van der Waals surface area contributed by atoms with Crippen molar-refractivity contribution in [3.8, 4) is 0 Å². The summed E-state index contributed by atoms with van der Waals surface area (Å²) in [5, 5.41) is 22.0. The molecule has 0 heterocycles. The molecule has 0 amide bonds. The molecular formula is C14H20F3NO2. The fraction of sp³-hybridized carbons (Fsp3) is 0.571. The van der Waals surface area contributed by atoms with Gasteiger partial charge in [0.05, 0.1) is 18.3 Å². The molecule has 1 rings (SSSR count). The molecule has 0 fully saturated rings. The lowest BCUT2D eigenvalue weighted by Crippen LogP contribution is -2.39. The molecule has 1 aromatic rings. The van der Waals surface area contributed by atoms with E-state index in [1.807, 2.05) is 13.8 Å². The summed E-state index contributed by atoms with van der Waals surface area (Å²) in [5.41, 5.74) is -0.331. The first-order valence-corrected chi connectivity index (χ1v) is 6.45. The molecule has 0 spiro atoms. The van der Waals surface area contributed by atoms with Gasteiger partial charge in [0.1, 0.15) is 0 Å². The lowest BCUT2D eigenvalue weighted by Gasteiger charge is -2.22. The second-order valence-electron chi connectivity index (χ2n) is 5.08. The van der Waals surface area contributed by atoms with Crippen LogP contribution in [0.25, 0.3) is 0 Å². The van der Waals surface area contributed by atoms with Gasteiger partial charge in [-0.2, -0.15) is 13.2 Å². The number of nitrogens with one attached hydrogen (secondary N) is 1. The quantitative estimate of drug-likeness (QED) is 0.754. The zero-order valence-electron chi connectivity index (χ0n) is 11.5. The largest absolute Gasteiger partial charge is 0.416 e. The maximum Gasteiger partial charge on any atom is 0.416 e. The van der Waals surface area contributed by atoms with Crippen molar-refractivity contribution in [3.63, 3.8) is 0 Å². The van der Waals surface area contributed by atoms with Crippen LogP contribution < -0.4 is 5.32 Å². The maximum atomic E-state index is 12.4. The maximum absolute atomic E-state index is 12.4. The molecule has 0 aromatic heterocycles. The molecule has 0 bridgehead atoms. The van der Waals surface area contributed by atoms with Gasteiger partial charge in [-0.25, -0.2) is 0 Å². The van der Waals surface area contributed by atoms with Crippen molar-refractivity contribution in [2.24, 2.45) is 5.92 Å². The fourth-order valence-electron chi connectivity index (χ4n) is 1.79. The van der Waals surface area contributed by atoms with E-state index < -0.39 is 17.8 Å². The molecule has 0 saturated carbocycles. The number of benzene rings is 1. The van der Waals surface area contributed by atoms with Crippen LogP contribution in [0.1, 0.15) is 31.1 Å². The molecule has 0 aliphatic carbocycles. The van der Waals surface area contributed by atoms with E-state index in [2.05, 4.69) is 5.32 Å². The van der Waals surface area contributed by atoms with E-state index in [0.29, 0.717) is 5.56 Å². The molecular weight excluding hydrogens is 271 g/mol. The Hall–Kier alpha value is -1.11. The average molecular weight is 291 g/mol. The molecule has 114 valence electrons. The van der Waals surface area contributed by atoms with Crippen LogP contribution >= 0.6 is 0 Å². The van der Waals surface area contributed by atoms with E-state index in [0.717, 1.165) is 12.1 Å². The minimum atomic E-state index is -4.37. The first-order valence-electron chi connectivity index (χ1n) is 6.45. The van der Waals surface area contributed by atoms with E-state index in [1.165, 1.54) is 12.1 Å². The number of hydrogen-bond donors (Lipinski definition) is 3. The number of aliphatic hydroxyl groups is 2. The van der Waals surface area contributed by atoms with E-state index in [1.54, 1.807) is 0 Å². The number of aliphatic hydroxyl groups excluding tert-OH is 2. The van der Waals surface area contributed by atoms with Crippen molar-refractivity contribution in [1.82, 2.24) is 5.32 Å². The smallest absolute Gasteiger partial charge is 0.395 e. The number of hydrogen-bond acceptors (Lipinski definition) is 3. The van der Waals surface area contributed by atoms with Crippen LogP contribution in [-0.4, -0.2) is 29.4 Å². The van der Waals surface area contributed by atoms with E-state index in [9.17, 15) is 18.3 Å². The summed E-state index contributed by atoms with van der Waals surface area (Å²) in [5.74, 6) is 0.194. The van der Waals surface area contributed by atoms with Gasteiger partial charge in [0, 0.05) is 12.6 Å². The van der Waals surface area contributed by atoms with E-state index in [4.69, 9.17) is 5.11 Å². The van der Waals surface area contributed by atoms with Gasteiger partial charge in [-0.1, -0.05) is 26.0 Å². The Labute approximate surface area is 116 Å². The highest BCUT2D eigenvalue weighted by Crippen LogP contribution is 2.29. The summed E-state index contributed by atoms with van der Waals surface area (Å²) < 4.78 is 37.2. The molecule has 0 aliphatic rings. The Morgan fingerprint density at radius 1 is 1.15 bits per heavy atom. The lowest BCUT2D eigenvalue weighted by molar-refractivity contribution is -0.137. The minimum Gasteiger partial charge on any atom is -0.395 e. The highest BCUT2D eigenvalue weighted by molar-refractivity contribution is 5.26. The summed E-state index contributed by atoms with van der Waals surface area (Å²) in [6.07, 6.45) is -5.29. The normalized spacial score (nSPS) is 15.4. The minimum absolute atomic E-state index is 0.0581. The Balaban J connectivity index is 2.62. The van der Waals surface area contributed by atoms with Crippen molar-refractivity contribution in [2.45, 2.75) is 32.2 Å². The molecule has 0 radical (unpaired) electrons. The number of halogens is 3. The predicted octanol–water partition coefficient (Wildman–Crippen LogP) is 2.35.